The van der Waals surface area contributed by atoms with E-state index < -0.39 is 5.97 Å². The van der Waals surface area contributed by atoms with Gasteiger partial charge in [0, 0.05) is 18.6 Å². The second kappa shape index (κ2) is 4.85. The lowest BCUT2D eigenvalue weighted by Crippen LogP contribution is -2.34. The second-order valence-corrected chi connectivity index (χ2v) is 5.59. The van der Waals surface area contributed by atoms with Crippen LogP contribution in [0.3, 0.4) is 0 Å². The van der Waals surface area contributed by atoms with Crippen molar-refractivity contribution in [2.24, 2.45) is 0 Å². The van der Waals surface area contributed by atoms with Gasteiger partial charge in [0.25, 0.3) is 0 Å². The highest BCUT2D eigenvalue weighted by Gasteiger charge is 2.37. The summed E-state index contributed by atoms with van der Waals surface area (Å²) in [5.74, 6) is -0.854. The van der Waals surface area contributed by atoms with Crippen LogP contribution in [0.1, 0.15) is 35.2 Å². The van der Waals surface area contributed by atoms with Crippen molar-refractivity contribution in [3.05, 3.63) is 29.3 Å². The first-order valence-corrected chi connectivity index (χ1v) is 7.00. The van der Waals surface area contributed by atoms with Gasteiger partial charge < -0.3 is 10.4 Å². The molecule has 19 heavy (non-hydrogen) atoms. The molecule has 2 atom stereocenters. The van der Waals surface area contributed by atoms with Gasteiger partial charge in [0.1, 0.15) is 0 Å². The fourth-order valence-electron chi connectivity index (χ4n) is 3.47. The van der Waals surface area contributed by atoms with Crippen LogP contribution < -0.4 is 5.32 Å². The van der Waals surface area contributed by atoms with Gasteiger partial charge >= 0.3 is 5.97 Å². The van der Waals surface area contributed by atoms with Gasteiger partial charge in [0.15, 0.2) is 0 Å². The van der Waals surface area contributed by atoms with Crippen molar-refractivity contribution in [3.63, 3.8) is 0 Å². The van der Waals surface area contributed by atoms with Gasteiger partial charge in [0.05, 0.1) is 11.3 Å². The summed E-state index contributed by atoms with van der Waals surface area (Å²) in [5.41, 5.74) is 2.20. The molecule has 2 aliphatic heterocycles. The zero-order chi connectivity index (χ0) is 13.4. The molecule has 0 radical (unpaired) electrons. The minimum Gasteiger partial charge on any atom is -0.478 e. The molecule has 2 fully saturated rings. The molecule has 1 aromatic carbocycles. The van der Waals surface area contributed by atoms with Crippen LogP contribution in [0.15, 0.2) is 18.2 Å². The van der Waals surface area contributed by atoms with E-state index in [1.165, 1.54) is 19.4 Å². The first-order chi connectivity index (χ1) is 9.16. The molecule has 2 unspecified atom stereocenters. The van der Waals surface area contributed by atoms with E-state index in [4.69, 9.17) is 0 Å². The number of rotatable bonds is 3. The number of hydrogen-bond donors (Lipinski definition) is 2. The Morgan fingerprint density at radius 1 is 1.37 bits per heavy atom. The lowest BCUT2D eigenvalue weighted by molar-refractivity contribution is 0.0698. The van der Waals surface area contributed by atoms with Crippen LogP contribution in [-0.2, 0) is 0 Å². The van der Waals surface area contributed by atoms with E-state index >= 15 is 0 Å². The number of nitrogens with zero attached hydrogens (tertiary/aromatic N) is 1. The van der Waals surface area contributed by atoms with Crippen LogP contribution >= 0.6 is 0 Å². The Kier molecular flexibility index (Phi) is 3.19. The molecule has 3 rings (SSSR count). The van der Waals surface area contributed by atoms with Crippen molar-refractivity contribution >= 4 is 11.7 Å². The maximum atomic E-state index is 11.3. The fourth-order valence-corrected chi connectivity index (χ4v) is 3.47. The molecule has 0 saturated carbocycles. The quantitative estimate of drug-likeness (QED) is 0.876. The third-order valence-corrected chi connectivity index (χ3v) is 4.44. The number of hydrogen-bond acceptors (Lipinski definition) is 3. The molecule has 0 amide bonds. The molecule has 2 saturated heterocycles. The minimum atomic E-state index is -0.854. The zero-order valence-electron chi connectivity index (χ0n) is 11.2. The highest BCUT2D eigenvalue weighted by Crippen LogP contribution is 2.32. The number of carbonyl (C=O) groups is 1. The molecule has 0 aromatic heterocycles. The summed E-state index contributed by atoms with van der Waals surface area (Å²) in [5, 5.41) is 12.8. The summed E-state index contributed by atoms with van der Waals surface area (Å²) < 4.78 is 0. The highest BCUT2D eigenvalue weighted by atomic mass is 16.4. The topological polar surface area (TPSA) is 52.6 Å². The first-order valence-electron chi connectivity index (χ1n) is 7.00. The highest BCUT2D eigenvalue weighted by molar-refractivity contribution is 5.95. The van der Waals surface area contributed by atoms with Gasteiger partial charge in [-0.15, -0.1) is 0 Å². The van der Waals surface area contributed by atoms with Crippen LogP contribution in [0.2, 0.25) is 0 Å². The van der Waals surface area contributed by atoms with Crippen molar-refractivity contribution < 1.29 is 9.90 Å². The summed E-state index contributed by atoms with van der Waals surface area (Å²) in [6.45, 7) is 4.30. The summed E-state index contributed by atoms with van der Waals surface area (Å²) in [6, 6.07) is 6.43. The lowest BCUT2D eigenvalue weighted by Gasteiger charge is -2.24. The van der Waals surface area contributed by atoms with Gasteiger partial charge in [0.2, 0.25) is 0 Å². The van der Waals surface area contributed by atoms with Gasteiger partial charge in [-0.25, -0.2) is 4.79 Å². The van der Waals surface area contributed by atoms with E-state index in [1.807, 2.05) is 13.0 Å². The molecule has 2 heterocycles. The molecule has 0 aliphatic carbocycles. The molecular weight excluding hydrogens is 240 g/mol. The second-order valence-electron chi connectivity index (χ2n) is 5.59. The Bertz CT molecular complexity index is 501. The van der Waals surface area contributed by atoms with E-state index in [2.05, 4.69) is 10.2 Å². The van der Waals surface area contributed by atoms with Crippen LogP contribution in [-0.4, -0.2) is 41.1 Å². The third kappa shape index (κ3) is 2.21. The number of carboxylic acids is 1. The number of nitrogens with one attached hydrogen (secondary N) is 1. The van der Waals surface area contributed by atoms with Gasteiger partial charge in [-0.05, 0) is 44.4 Å². The van der Waals surface area contributed by atoms with Crippen LogP contribution in [0, 0.1) is 6.92 Å². The van der Waals surface area contributed by atoms with E-state index in [0.29, 0.717) is 17.6 Å². The fraction of sp³-hybridized carbons (Fsp3) is 0.533. The molecule has 1 aromatic rings. The van der Waals surface area contributed by atoms with E-state index in [1.54, 1.807) is 12.1 Å². The summed E-state index contributed by atoms with van der Waals surface area (Å²) in [4.78, 5) is 13.8. The number of fused-ring (bicyclic) bond motifs is 1. The predicted octanol–water partition coefficient (Wildman–Crippen LogP) is 2.34. The van der Waals surface area contributed by atoms with Crippen LogP contribution in [0.4, 0.5) is 5.69 Å². The SMILES string of the molecule is Cc1cccc(C(=O)O)c1NC1CCN2CCCC12. The Labute approximate surface area is 113 Å². The monoisotopic (exact) mass is 260 g/mol. The number of aryl methyl sites for hydroxylation is 1. The van der Waals surface area contributed by atoms with E-state index in [0.717, 1.165) is 24.2 Å². The predicted molar refractivity (Wildman–Crippen MR) is 74.8 cm³/mol. The van der Waals surface area contributed by atoms with Gasteiger partial charge in [-0.3, -0.25) is 4.90 Å². The van der Waals surface area contributed by atoms with Crippen molar-refractivity contribution in [1.82, 2.24) is 4.90 Å². The number of para-hydroxylation sites is 1. The van der Waals surface area contributed by atoms with Gasteiger partial charge in [-0.1, -0.05) is 12.1 Å². The minimum absolute atomic E-state index is 0.386. The Balaban J connectivity index is 1.85. The van der Waals surface area contributed by atoms with Crippen molar-refractivity contribution in [1.29, 1.82) is 0 Å². The summed E-state index contributed by atoms with van der Waals surface area (Å²) in [6.07, 6.45) is 3.60. The molecule has 2 N–H and O–H groups in total. The Morgan fingerprint density at radius 3 is 3.00 bits per heavy atom. The Morgan fingerprint density at radius 2 is 2.21 bits per heavy atom. The molecule has 0 spiro atoms. The first kappa shape index (κ1) is 12.5. The standard InChI is InChI=1S/C15H20N2O2/c1-10-4-2-5-11(15(18)19)14(10)16-12-7-9-17-8-3-6-13(12)17/h2,4-5,12-13,16H,3,6-9H2,1H3,(H,18,19). The number of carboxylic acid groups (broad SMARTS) is 1. The maximum absolute atomic E-state index is 11.3. The molecular formula is C15H20N2O2. The van der Waals surface area contributed by atoms with Crippen molar-refractivity contribution in [2.45, 2.75) is 38.3 Å². The molecule has 4 nitrogen and oxygen atoms in total. The van der Waals surface area contributed by atoms with Gasteiger partial charge in [-0.2, -0.15) is 0 Å². The number of benzene rings is 1. The number of aromatic carboxylic acids is 1. The summed E-state index contributed by atoms with van der Waals surface area (Å²) in [7, 11) is 0. The maximum Gasteiger partial charge on any atom is 0.337 e. The third-order valence-electron chi connectivity index (χ3n) is 4.44. The molecule has 0 bridgehead atoms. The van der Waals surface area contributed by atoms with Crippen LogP contribution in [0.5, 0.6) is 0 Å². The molecule has 4 heteroatoms. The van der Waals surface area contributed by atoms with Crippen molar-refractivity contribution in [3.8, 4) is 0 Å². The average molecular weight is 260 g/mol. The van der Waals surface area contributed by atoms with E-state index in [-0.39, 0.29) is 0 Å². The normalized spacial score (nSPS) is 26.4. The smallest absolute Gasteiger partial charge is 0.337 e. The molecule has 102 valence electrons. The summed E-state index contributed by atoms with van der Waals surface area (Å²) >= 11 is 0. The average Bonchev–Trinajstić information content (AvgIpc) is 2.95. The van der Waals surface area contributed by atoms with Crippen molar-refractivity contribution in [2.75, 3.05) is 18.4 Å². The lowest BCUT2D eigenvalue weighted by atomic mass is 10.0. The largest absolute Gasteiger partial charge is 0.478 e. The van der Waals surface area contributed by atoms with E-state index in [9.17, 15) is 9.90 Å². The van der Waals surface area contributed by atoms with Crippen LogP contribution in [0.25, 0.3) is 0 Å². The molecule has 2 aliphatic rings. The zero-order valence-corrected chi connectivity index (χ0v) is 11.2. The number of anilines is 1. The Hall–Kier alpha value is -1.55.